The van der Waals surface area contributed by atoms with Crippen LogP contribution in [0.4, 0.5) is 5.69 Å². The monoisotopic (exact) mass is 315 g/mol. The number of likely N-dealkylation sites (tertiary alicyclic amines) is 1. The molecule has 1 aromatic carbocycles. The molecule has 3 rings (SSSR count). The molecule has 2 heterocycles. The van der Waals surface area contributed by atoms with Gasteiger partial charge in [-0.1, -0.05) is 37.2 Å². The van der Waals surface area contributed by atoms with Gasteiger partial charge in [0.1, 0.15) is 0 Å². The quantitative estimate of drug-likeness (QED) is 0.686. The normalized spacial score (nSPS) is 21.4. The van der Waals surface area contributed by atoms with Gasteiger partial charge in [-0.25, -0.2) is 0 Å². The van der Waals surface area contributed by atoms with E-state index in [0.717, 1.165) is 37.2 Å². The number of carbonyl (C=O) groups is 1. The molecular weight excluding hydrogens is 290 g/mol. The number of piperidine rings is 1. The van der Waals surface area contributed by atoms with Crippen molar-refractivity contribution in [1.82, 2.24) is 4.90 Å². The van der Waals surface area contributed by atoms with Crippen molar-refractivity contribution in [2.75, 3.05) is 18.0 Å². The zero-order valence-electron chi connectivity index (χ0n) is 13.9. The second-order valence-electron chi connectivity index (χ2n) is 6.38. The Morgan fingerprint density at radius 2 is 1.87 bits per heavy atom. The van der Waals surface area contributed by atoms with E-state index in [2.05, 4.69) is 23.9 Å². The van der Waals surface area contributed by atoms with Crippen LogP contribution in [0, 0.1) is 0 Å². The van der Waals surface area contributed by atoms with Gasteiger partial charge < -0.3 is 15.0 Å². The molecule has 5 nitrogen and oxygen atoms in total. The Morgan fingerprint density at radius 3 is 2.48 bits per heavy atom. The van der Waals surface area contributed by atoms with Crippen molar-refractivity contribution in [2.24, 2.45) is 5.16 Å². The highest BCUT2D eigenvalue weighted by Gasteiger charge is 2.39. The number of oxime groups is 1. The lowest BCUT2D eigenvalue weighted by Crippen LogP contribution is -2.49. The van der Waals surface area contributed by atoms with Crippen LogP contribution in [-0.4, -0.2) is 46.9 Å². The summed E-state index contributed by atoms with van der Waals surface area (Å²) in [6.07, 6.45) is 4.28. The van der Waals surface area contributed by atoms with Gasteiger partial charge in [-0.2, -0.15) is 0 Å². The number of hydrogen-bond donors (Lipinski definition) is 1. The van der Waals surface area contributed by atoms with E-state index >= 15 is 0 Å². The number of carbonyl (C=O) groups excluding carboxylic acids is 1. The summed E-state index contributed by atoms with van der Waals surface area (Å²) in [7, 11) is 0. The Morgan fingerprint density at radius 1 is 1.22 bits per heavy atom. The minimum Gasteiger partial charge on any atom is -0.410 e. The summed E-state index contributed by atoms with van der Waals surface area (Å²) in [5, 5.41) is 12.4. The second-order valence-corrected chi connectivity index (χ2v) is 6.38. The highest BCUT2D eigenvalue weighted by Crippen LogP contribution is 2.34. The van der Waals surface area contributed by atoms with E-state index in [4.69, 9.17) is 0 Å². The fourth-order valence-corrected chi connectivity index (χ4v) is 4.00. The van der Waals surface area contributed by atoms with E-state index < -0.39 is 0 Å². The standard InChI is InChI=1S/C18H25N3O2/c1-3-13(4-2)20-11-9-14(10-12-20)21-16-8-6-5-7-15(16)17(19-23)18(21)22/h5-8,13-14,23H,3-4,9-12H2,1-2H3/b19-17-. The van der Waals surface area contributed by atoms with Gasteiger partial charge in [0.05, 0.1) is 5.69 Å². The van der Waals surface area contributed by atoms with Crippen molar-refractivity contribution in [3.8, 4) is 0 Å². The third-order valence-corrected chi connectivity index (χ3v) is 5.26. The van der Waals surface area contributed by atoms with E-state index in [1.807, 2.05) is 29.2 Å². The van der Waals surface area contributed by atoms with E-state index in [0.29, 0.717) is 6.04 Å². The van der Waals surface area contributed by atoms with Crippen LogP contribution < -0.4 is 4.90 Å². The molecule has 1 aromatic rings. The van der Waals surface area contributed by atoms with Crippen molar-refractivity contribution < 1.29 is 10.0 Å². The average Bonchev–Trinajstić information content (AvgIpc) is 2.88. The Bertz CT molecular complexity index is 602. The average molecular weight is 315 g/mol. The third-order valence-electron chi connectivity index (χ3n) is 5.26. The molecule has 0 spiro atoms. The fraction of sp³-hybridized carbons (Fsp3) is 0.556. The summed E-state index contributed by atoms with van der Waals surface area (Å²) in [5.74, 6) is -0.172. The van der Waals surface area contributed by atoms with E-state index in [9.17, 15) is 10.0 Å². The molecule has 0 aliphatic carbocycles. The van der Waals surface area contributed by atoms with Gasteiger partial charge in [0.15, 0.2) is 5.71 Å². The zero-order valence-corrected chi connectivity index (χ0v) is 13.9. The minimum atomic E-state index is -0.172. The molecule has 0 atom stereocenters. The molecule has 124 valence electrons. The molecule has 23 heavy (non-hydrogen) atoms. The van der Waals surface area contributed by atoms with Crippen LogP contribution in [-0.2, 0) is 4.79 Å². The molecule has 1 N–H and O–H groups in total. The van der Waals surface area contributed by atoms with Gasteiger partial charge >= 0.3 is 0 Å². The van der Waals surface area contributed by atoms with E-state index in [-0.39, 0.29) is 17.7 Å². The lowest BCUT2D eigenvalue weighted by molar-refractivity contribution is -0.113. The third kappa shape index (κ3) is 2.74. The molecular formula is C18H25N3O2. The predicted octanol–water partition coefficient (Wildman–Crippen LogP) is 2.86. The molecule has 0 saturated carbocycles. The zero-order chi connectivity index (χ0) is 16.4. The lowest BCUT2D eigenvalue weighted by atomic mass is 9.99. The van der Waals surface area contributed by atoms with Crippen molar-refractivity contribution in [3.63, 3.8) is 0 Å². The first kappa shape index (κ1) is 16.0. The van der Waals surface area contributed by atoms with Crippen molar-refractivity contribution in [3.05, 3.63) is 29.8 Å². The maximum atomic E-state index is 12.6. The molecule has 0 aromatic heterocycles. The lowest BCUT2D eigenvalue weighted by Gasteiger charge is -2.40. The topological polar surface area (TPSA) is 56.1 Å². The number of amides is 1. The maximum absolute atomic E-state index is 12.6. The largest absolute Gasteiger partial charge is 0.410 e. The van der Waals surface area contributed by atoms with E-state index in [1.54, 1.807) is 0 Å². The molecule has 1 saturated heterocycles. The van der Waals surface area contributed by atoms with Crippen LogP contribution in [0.15, 0.2) is 29.4 Å². The van der Waals surface area contributed by atoms with Crippen molar-refractivity contribution >= 4 is 17.3 Å². The number of anilines is 1. The predicted molar refractivity (Wildman–Crippen MR) is 91.2 cm³/mol. The molecule has 0 unspecified atom stereocenters. The van der Waals surface area contributed by atoms with Crippen LogP contribution in [0.2, 0.25) is 0 Å². The number of hydrogen-bond acceptors (Lipinski definition) is 4. The van der Waals surface area contributed by atoms with Gasteiger partial charge in [-0.3, -0.25) is 4.79 Å². The van der Waals surface area contributed by atoms with Crippen LogP contribution in [0.25, 0.3) is 0 Å². The Labute approximate surface area is 137 Å². The highest BCUT2D eigenvalue weighted by molar-refractivity contribution is 6.54. The molecule has 0 radical (unpaired) electrons. The van der Waals surface area contributed by atoms with Crippen LogP contribution in [0.5, 0.6) is 0 Å². The van der Waals surface area contributed by atoms with Crippen LogP contribution in [0.3, 0.4) is 0 Å². The SMILES string of the molecule is CCC(CC)N1CCC(N2C(=O)/C(=N\O)c3ccccc32)CC1. The molecule has 1 amide bonds. The van der Waals surface area contributed by atoms with Gasteiger partial charge in [-0.15, -0.1) is 0 Å². The molecule has 1 fully saturated rings. The first-order chi connectivity index (χ1) is 11.2. The Balaban J connectivity index is 1.78. The number of fused-ring (bicyclic) bond motifs is 1. The second kappa shape index (κ2) is 6.71. The maximum Gasteiger partial charge on any atom is 0.281 e. The molecule has 2 aliphatic rings. The highest BCUT2D eigenvalue weighted by atomic mass is 16.4. The summed E-state index contributed by atoms with van der Waals surface area (Å²) >= 11 is 0. The summed E-state index contributed by atoms with van der Waals surface area (Å²) < 4.78 is 0. The Kier molecular flexibility index (Phi) is 4.66. The van der Waals surface area contributed by atoms with Crippen molar-refractivity contribution in [2.45, 2.75) is 51.6 Å². The van der Waals surface area contributed by atoms with Gasteiger partial charge in [-0.05, 0) is 31.7 Å². The summed E-state index contributed by atoms with van der Waals surface area (Å²) in [4.78, 5) is 17.0. The molecule has 5 heteroatoms. The smallest absolute Gasteiger partial charge is 0.281 e. The van der Waals surface area contributed by atoms with Crippen LogP contribution >= 0.6 is 0 Å². The van der Waals surface area contributed by atoms with E-state index in [1.165, 1.54) is 12.8 Å². The summed E-state index contributed by atoms with van der Waals surface area (Å²) in [6.45, 7) is 6.53. The number of para-hydroxylation sites is 1. The van der Waals surface area contributed by atoms with Gasteiger partial charge in [0, 0.05) is 30.7 Å². The summed E-state index contributed by atoms with van der Waals surface area (Å²) in [6, 6.07) is 8.43. The summed E-state index contributed by atoms with van der Waals surface area (Å²) in [5.41, 5.74) is 1.79. The molecule has 2 aliphatic heterocycles. The first-order valence-corrected chi connectivity index (χ1v) is 8.60. The Hall–Kier alpha value is -1.88. The van der Waals surface area contributed by atoms with Crippen molar-refractivity contribution in [1.29, 1.82) is 0 Å². The minimum absolute atomic E-state index is 0.169. The number of nitrogens with zero attached hydrogens (tertiary/aromatic N) is 3. The van der Waals surface area contributed by atoms with Crippen LogP contribution in [0.1, 0.15) is 45.1 Å². The van der Waals surface area contributed by atoms with Gasteiger partial charge in [0.25, 0.3) is 5.91 Å². The number of benzene rings is 1. The number of rotatable bonds is 4. The fourth-order valence-electron chi connectivity index (χ4n) is 4.00. The van der Waals surface area contributed by atoms with Gasteiger partial charge in [0.2, 0.25) is 0 Å². The first-order valence-electron chi connectivity index (χ1n) is 8.60. The molecule has 0 bridgehead atoms.